The number of aromatic nitrogens is 1. The Kier molecular flexibility index (Phi) is 4.41. The summed E-state index contributed by atoms with van der Waals surface area (Å²) < 4.78 is 44.1. The second-order valence-electron chi connectivity index (χ2n) is 4.29. The van der Waals surface area contributed by atoms with Crippen molar-refractivity contribution in [2.45, 2.75) is 6.18 Å². The minimum atomic E-state index is -4.53. The largest absolute Gasteiger partial charge is 0.465 e. The first-order valence-corrected chi connectivity index (χ1v) is 6.71. The Morgan fingerprint density at radius 1 is 1.27 bits per heavy atom. The van der Waals surface area contributed by atoms with Crippen molar-refractivity contribution in [1.29, 1.82) is 0 Å². The minimum Gasteiger partial charge on any atom is -0.465 e. The third kappa shape index (κ3) is 3.22. The van der Waals surface area contributed by atoms with Crippen LogP contribution in [0.3, 0.4) is 0 Å². The molecule has 0 saturated carbocycles. The smallest absolute Gasteiger partial charge is 0.416 e. The predicted octanol–water partition coefficient (Wildman–Crippen LogP) is 3.41. The maximum Gasteiger partial charge on any atom is 0.416 e. The van der Waals surface area contributed by atoms with Crippen molar-refractivity contribution in [3.63, 3.8) is 0 Å². The Hall–Kier alpha value is -2.09. The zero-order valence-electron chi connectivity index (χ0n) is 11.1. The average molecular weight is 376 g/mol. The van der Waals surface area contributed by atoms with Crippen LogP contribution in [0.25, 0.3) is 5.69 Å². The van der Waals surface area contributed by atoms with Crippen molar-refractivity contribution in [2.75, 3.05) is 7.11 Å². The third-order valence-corrected chi connectivity index (χ3v) is 3.27. The van der Waals surface area contributed by atoms with Crippen LogP contribution in [0, 0.1) is 0 Å². The van der Waals surface area contributed by atoms with Crippen molar-refractivity contribution < 1.29 is 22.7 Å². The Balaban J connectivity index is 2.66. The molecule has 4 nitrogen and oxygen atoms in total. The van der Waals surface area contributed by atoms with Gasteiger partial charge in [-0.1, -0.05) is 6.07 Å². The molecule has 1 aromatic heterocycles. The number of hydrogen-bond acceptors (Lipinski definition) is 3. The topological polar surface area (TPSA) is 48.3 Å². The molecular weight excluding hydrogens is 367 g/mol. The van der Waals surface area contributed by atoms with Gasteiger partial charge in [0.2, 0.25) is 0 Å². The summed E-state index contributed by atoms with van der Waals surface area (Å²) in [5.41, 5.74) is -1.95. The van der Waals surface area contributed by atoms with E-state index in [1.165, 1.54) is 24.4 Å². The fraction of sp³-hybridized carbons (Fsp3) is 0.143. The molecule has 0 aliphatic heterocycles. The lowest BCUT2D eigenvalue weighted by atomic mass is 10.2. The van der Waals surface area contributed by atoms with E-state index >= 15 is 0 Å². The average Bonchev–Trinajstić information content (AvgIpc) is 2.47. The van der Waals surface area contributed by atoms with Crippen LogP contribution in [-0.2, 0) is 10.9 Å². The van der Waals surface area contributed by atoms with E-state index in [0.717, 1.165) is 23.8 Å². The van der Waals surface area contributed by atoms with Gasteiger partial charge in [-0.25, -0.2) is 4.79 Å². The molecule has 0 bridgehead atoms. The van der Waals surface area contributed by atoms with Crippen LogP contribution in [0.15, 0.2) is 45.8 Å². The Morgan fingerprint density at radius 3 is 2.55 bits per heavy atom. The summed E-state index contributed by atoms with van der Waals surface area (Å²) in [6.45, 7) is 0. The molecule has 2 rings (SSSR count). The highest BCUT2D eigenvalue weighted by atomic mass is 79.9. The number of pyridine rings is 1. The molecule has 0 fully saturated rings. The van der Waals surface area contributed by atoms with Crippen molar-refractivity contribution in [2.24, 2.45) is 0 Å². The number of ether oxygens (including phenoxy) is 1. The molecule has 22 heavy (non-hydrogen) atoms. The number of nitrogens with zero attached hydrogens (tertiary/aromatic N) is 1. The second kappa shape index (κ2) is 5.96. The lowest BCUT2D eigenvalue weighted by Crippen LogP contribution is -2.25. The van der Waals surface area contributed by atoms with Gasteiger partial charge in [0.25, 0.3) is 5.56 Å². The number of hydrogen-bond donors (Lipinski definition) is 0. The monoisotopic (exact) mass is 375 g/mol. The molecule has 0 N–H and O–H groups in total. The second-order valence-corrected chi connectivity index (χ2v) is 5.20. The molecule has 0 amide bonds. The van der Waals surface area contributed by atoms with Crippen LogP contribution in [0.2, 0.25) is 0 Å². The number of benzene rings is 1. The first kappa shape index (κ1) is 16.3. The quantitative estimate of drug-likeness (QED) is 0.755. The molecule has 0 unspecified atom stereocenters. The highest BCUT2D eigenvalue weighted by Crippen LogP contribution is 2.30. The normalized spacial score (nSPS) is 11.3. The van der Waals surface area contributed by atoms with Crippen LogP contribution < -0.4 is 5.56 Å². The molecule has 0 spiro atoms. The number of halogens is 4. The lowest BCUT2D eigenvalue weighted by molar-refractivity contribution is -0.137. The maximum absolute atomic E-state index is 12.8. The third-order valence-electron chi connectivity index (χ3n) is 2.84. The van der Waals surface area contributed by atoms with Crippen molar-refractivity contribution in [3.05, 3.63) is 62.5 Å². The fourth-order valence-electron chi connectivity index (χ4n) is 1.83. The zero-order chi connectivity index (χ0) is 16.5. The van der Waals surface area contributed by atoms with E-state index in [4.69, 9.17) is 0 Å². The molecule has 1 heterocycles. The summed E-state index contributed by atoms with van der Waals surface area (Å²) in [4.78, 5) is 23.8. The van der Waals surface area contributed by atoms with E-state index in [0.29, 0.717) is 4.47 Å². The van der Waals surface area contributed by atoms with Gasteiger partial charge in [-0.2, -0.15) is 13.2 Å². The molecule has 2 aromatic rings. The number of carbonyl (C=O) groups excluding carboxylic acids is 1. The number of esters is 1. The van der Waals surface area contributed by atoms with Gasteiger partial charge in [-0.05, 0) is 40.2 Å². The molecule has 0 atom stereocenters. The molecule has 8 heteroatoms. The van der Waals surface area contributed by atoms with Gasteiger partial charge in [-0.3, -0.25) is 9.36 Å². The minimum absolute atomic E-state index is 0.00808. The number of alkyl halides is 3. The molecule has 116 valence electrons. The standard InChI is InChI=1S/C14H9BrF3NO3/c1-22-13(21)11-6-9(15)7-19(12(11)20)10-4-2-3-8(5-10)14(16,17)18/h2-7H,1H3. The van der Waals surface area contributed by atoms with Gasteiger partial charge in [0.15, 0.2) is 0 Å². The van der Waals surface area contributed by atoms with Gasteiger partial charge in [0.1, 0.15) is 5.56 Å². The highest BCUT2D eigenvalue weighted by Gasteiger charge is 2.30. The number of rotatable bonds is 2. The van der Waals surface area contributed by atoms with Gasteiger partial charge < -0.3 is 4.74 Å². The summed E-state index contributed by atoms with van der Waals surface area (Å²) >= 11 is 3.11. The van der Waals surface area contributed by atoms with E-state index in [1.807, 2.05) is 0 Å². The van der Waals surface area contributed by atoms with E-state index in [2.05, 4.69) is 20.7 Å². The summed E-state index contributed by atoms with van der Waals surface area (Å²) in [5.74, 6) is -0.868. The van der Waals surface area contributed by atoms with Crippen LogP contribution >= 0.6 is 15.9 Å². The molecule has 0 radical (unpaired) electrons. The first-order chi connectivity index (χ1) is 10.2. The SMILES string of the molecule is COC(=O)c1cc(Br)cn(-c2cccc(C(F)(F)F)c2)c1=O. The van der Waals surface area contributed by atoms with Crippen LogP contribution in [0.4, 0.5) is 13.2 Å². The van der Waals surface area contributed by atoms with Gasteiger partial charge in [0, 0.05) is 16.4 Å². The highest BCUT2D eigenvalue weighted by molar-refractivity contribution is 9.10. The van der Waals surface area contributed by atoms with E-state index in [-0.39, 0.29) is 11.3 Å². The Morgan fingerprint density at radius 2 is 1.95 bits per heavy atom. The molecule has 0 saturated heterocycles. The number of methoxy groups -OCH3 is 1. The summed E-state index contributed by atoms with van der Waals surface area (Å²) in [6, 6.07) is 5.49. The van der Waals surface area contributed by atoms with E-state index in [9.17, 15) is 22.8 Å². The van der Waals surface area contributed by atoms with Crippen LogP contribution in [-0.4, -0.2) is 17.6 Å². The van der Waals surface area contributed by atoms with Crippen molar-refractivity contribution in [3.8, 4) is 5.69 Å². The van der Waals surface area contributed by atoms with Crippen LogP contribution in [0.1, 0.15) is 15.9 Å². The first-order valence-electron chi connectivity index (χ1n) is 5.92. The molecule has 0 aliphatic carbocycles. The summed E-state index contributed by atoms with van der Waals surface area (Å²) in [7, 11) is 1.11. The fourth-order valence-corrected chi connectivity index (χ4v) is 2.26. The number of carbonyl (C=O) groups is 1. The molecule has 0 aliphatic rings. The van der Waals surface area contributed by atoms with Gasteiger partial charge in [0.05, 0.1) is 12.7 Å². The predicted molar refractivity (Wildman–Crippen MR) is 76.1 cm³/mol. The van der Waals surface area contributed by atoms with E-state index in [1.54, 1.807) is 0 Å². The summed E-state index contributed by atoms with van der Waals surface area (Å²) in [5, 5.41) is 0. The van der Waals surface area contributed by atoms with Gasteiger partial charge >= 0.3 is 12.1 Å². The van der Waals surface area contributed by atoms with Crippen molar-refractivity contribution in [1.82, 2.24) is 4.57 Å². The van der Waals surface area contributed by atoms with Gasteiger partial charge in [-0.15, -0.1) is 0 Å². The van der Waals surface area contributed by atoms with E-state index < -0.39 is 23.3 Å². The Bertz CT molecular complexity index is 784. The van der Waals surface area contributed by atoms with Crippen LogP contribution in [0.5, 0.6) is 0 Å². The lowest BCUT2D eigenvalue weighted by Gasteiger charge is -2.12. The summed E-state index contributed by atoms with van der Waals surface area (Å²) in [6.07, 6.45) is -3.25. The Labute approximate surface area is 131 Å². The maximum atomic E-state index is 12.8. The molecule has 1 aromatic carbocycles. The zero-order valence-corrected chi connectivity index (χ0v) is 12.7. The molecular formula is C14H9BrF3NO3. The van der Waals surface area contributed by atoms with Crippen molar-refractivity contribution >= 4 is 21.9 Å².